The maximum absolute atomic E-state index is 14.5. The summed E-state index contributed by atoms with van der Waals surface area (Å²) in [6.45, 7) is 9.48. The summed E-state index contributed by atoms with van der Waals surface area (Å²) in [4.78, 5) is 60.4. The Morgan fingerprint density at radius 3 is 2.12 bits per heavy atom. The lowest BCUT2D eigenvalue weighted by Crippen LogP contribution is -2.74. The molecule has 0 spiro atoms. The fraction of sp³-hybridized carbons (Fsp3) is 0.500. The van der Waals surface area contributed by atoms with Crippen molar-refractivity contribution >= 4 is 23.9 Å². The van der Waals surface area contributed by atoms with Crippen molar-refractivity contribution in [2.75, 3.05) is 19.6 Å². The number of piperazine rings is 1. The van der Waals surface area contributed by atoms with Crippen LogP contribution in [-0.2, 0) is 41.9 Å². The van der Waals surface area contributed by atoms with Gasteiger partial charge in [-0.3, -0.25) is 9.63 Å². The molecule has 1 fully saturated rings. The molecule has 0 bridgehead atoms. The minimum absolute atomic E-state index is 0.00470. The van der Waals surface area contributed by atoms with E-state index < -0.39 is 45.9 Å². The number of nitrogens with zero attached hydrogens (tertiary/aromatic N) is 1. The van der Waals surface area contributed by atoms with Crippen molar-refractivity contribution in [2.45, 2.75) is 72.3 Å². The van der Waals surface area contributed by atoms with Crippen molar-refractivity contribution in [3.63, 3.8) is 0 Å². The highest BCUT2D eigenvalue weighted by Crippen LogP contribution is 2.31. The van der Waals surface area contributed by atoms with Gasteiger partial charge in [0, 0.05) is 13.0 Å². The van der Waals surface area contributed by atoms with Crippen molar-refractivity contribution in [1.82, 2.24) is 10.8 Å². The summed E-state index contributed by atoms with van der Waals surface area (Å²) < 4.78 is 10.5. The zero-order valence-corrected chi connectivity index (χ0v) is 25.3. The number of amides is 3. The number of hydroxylamine groups is 1. The number of carbonyl (C=O) groups is 4. The smallest absolute Gasteiger partial charge is 0.456 e. The molecule has 42 heavy (non-hydrogen) atoms. The number of quaternary nitrogens is 1. The van der Waals surface area contributed by atoms with Crippen LogP contribution in [0.15, 0.2) is 60.7 Å². The molecule has 1 aliphatic heterocycles. The van der Waals surface area contributed by atoms with Gasteiger partial charge in [-0.25, -0.2) is 15.1 Å². The van der Waals surface area contributed by atoms with Crippen LogP contribution in [0.3, 0.4) is 0 Å². The summed E-state index contributed by atoms with van der Waals surface area (Å²) in [5.74, 6) is -2.57. The third-order valence-corrected chi connectivity index (χ3v) is 6.92. The van der Waals surface area contributed by atoms with Gasteiger partial charge in [-0.15, -0.1) is 4.48 Å². The van der Waals surface area contributed by atoms with Crippen molar-refractivity contribution in [3.05, 3.63) is 71.8 Å². The van der Waals surface area contributed by atoms with Gasteiger partial charge in [0.2, 0.25) is 11.9 Å². The summed E-state index contributed by atoms with van der Waals surface area (Å²) in [5, 5.41) is 3.13. The molecule has 1 heterocycles. The topological polar surface area (TPSA) is 120 Å². The van der Waals surface area contributed by atoms with E-state index in [1.807, 2.05) is 74.5 Å². The van der Waals surface area contributed by atoms with E-state index >= 15 is 0 Å². The standard InChI is InChI=1S/C32H43N3O7/c1-23(2)18-26(19-28(36)34-41-22-25-14-10-7-11-15-25)29(37)35(31(39)42-32(3,4)5)17-16-33-20-27(35)30(38)40-21-24-12-8-6-9-13-24/h6-15,23,26-27,33H,16-22H2,1-5H3/p+1/t26-,27?,35-/m1/s1. The molecule has 2 aromatic carbocycles. The van der Waals surface area contributed by atoms with E-state index in [2.05, 4.69) is 10.8 Å². The van der Waals surface area contributed by atoms with E-state index in [9.17, 15) is 19.2 Å². The lowest BCUT2D eigenvalue weighted by atomic mass is 9.90. The van der Waals surface area contributed by atoms with E-state index in [0.717, 1.165) is 11.1 Å². The van der Waals surface area contributed by atoms with Gasteiger partial charge in [-0.2, -0.15) is 4.79 Å². The number of benzene rings is 2. The second-order valence-electron chi connectivity index (χ2n) is 12.1. The molecule has 1 unspecified atom stereocenters. The van der Waals surface area contributed by atoms with E-state index in [-0.39, 0.29) is 38.6 Å². The molecule has 0 saturated carbocycles. The predicted octanol–water partition coefficient (Wildman–Crippen LogP) is 4.28. The van der Waals surface area contributed by atoms with Crippen molar-refractivity contribution in [2.24, 2.45) is 11.8 Å². The second kappa shape index (κ2) is 15.0. The highest BCUT2D eigenvalue weighted by molar-refractivity contribution is 5.90. The fourth-order valence-corrected chi connectivity index (χ4v) is 5.02. The molecule has 10 nitrogen and oxygen atoms in total. The van der Waals surface area contributed by atoms with Gasteiger partial charge in [0.05, 0.1) is 19.1 Å². The number of ether oxygens (including phenoxy) is 2. The first-order valence-electron chi connectivity index (χ1n) is 14.4. The van der Waals surface area contributed by atoms with Crippen LogP contribution < -0.4 is 10.8 Å². The van der Waals surface area contributed by atoms with E-state index in [1.54, 1.807) is 20.8 Å². The molecule has 0 radical (unpaired) electrons. The zero-order valence-electron chi connectivity index (χ0n) is 25.3. The van der Waals surface area contributed by atoms with Gasteiger partial charge < -0.3 is 14.8 Å². The Morgan fingerprint density at radius 2 is 1.55 bits per heavy atom. The average Bonchev–Trinajstić information content (AvgIpc) is 2.95. The Kier molecular flexibility index (Phi) is 11.8. The van der Waals surface area contributed by atoms with E-state index in [4.69, 9.17) is 14.3 Å². The molecule has 3 amide bonds. The van der Waals surface area contributed by atoms with Gasteiger partial charge in [-0.1, -0.05) is 74.5 Å². The molecule has 3 rings (SSSR count). The zero-order chi connectivity index (χ0) is 30.8. The first kappa shape index (κ1) is 32.9. The summed E-state index contributed by atoms with van der Waals surface area (Å²) in [6, 6.07) is 17.3. The minimum Gasteiger partial charge on any atom is -0.456 e. The Labute approximate surface area is 248 Å². The van der Waals surface area contributed by atoms with Crippen LogP contribution in [0.25, 0.3) is 0 Å². The highest BCUT2D eigenvalue weighted by atomic mass is 16.6. The minimum atomic E-state index is -1.18. The Bertz CT molecular complexity index is 1200. The lowest BCUT2D eigenvalue weighted by molar-refractivity contribution is -0.806. The number of hydrogen-bond donors (Lipinski definition) is 2. The summed E-state index contributed by atoms with van der Waals surface area (Å²) >= 11 is 0. The summed E-state index contributed by atoms with van der Waals surface area (Å²) in [7, 11) is 0. The van der Waals surface area contributed by atoms with E-state index in [1.165, 1.54) is 0 Å². The monoisotopic (exact) mass is 582 g/mol. The van der Waals surface area contributed by atoms with Gasteiger partial charge in [-0.05, 0) is 44.2 Å². The van der Waals surface area contributed by atoms with Crippen LogP contribution in [-0.4, -0.2) is 59.6 Å². The van der Waals surface area contributed by atoms with Crippen LogP contribution in [0.1, 0.15) is 58.6 Å². The molecular formula is C32H44N3O7+. The van der Waals surface area contributed by atoms with Crippen LogP contribution in [0.5, 0.6) is 0 Å². The normalized spacial score (nSPS) is 19.5. The second-order valence-corrected chi connectivity index (χ2v) is 12.1. The molecule has 3 atom stereocenters. The fourth-order valence-electron chi connectivity index (χ4n) is 5.02. The lowest BCUT2D eigenvalue weighted by Gasteiger charge is -2.43. The largest absolute Gasteiger partial charge is 0.524 e. The first-order chi connectivity index (χ1) is 19.9. The molecule has 10 heteroatoms. The number of carbonyl (C=O) groups excluding carboxylic acids is 4. The Balaban J connectivity index is 1.87. The third-order valence-electron chi connectivity index (χ3n) is 6.92. The number of imide groups is 1. The van der Waals surface area contributed by atoms with Gasteiger partial charge in [0.1, 0.15) is 18.8 Å². The molecular weight excluding hydrogens is 538 g/mol. The molecule has 1 aliphatic rings. The van der Waals surface area contributed by atoms with E-state index in [0.29, 0.717) is 13.0 Å². The van der Waals surface area contributed by atoms with Crippen LogP contribution >= 0.6 is 0 Å². The average molecular weight is 583 g/mol. The quantitative estimate of drug-likeness (QED) is 0.229. The van der Waals surface area contributed by atoms with Crippen molar-refractivity contribution < 1.29 is 38.0 Å². The van der Waals surface area contributed by atoms with Crippen LogP contribution in [0.4, 0.5) is 4.79 Å². The number of esters is 1. The molecule has 0 aromatic heterocycles. The highest BCUT2D eigenvalue weighted by Gasteiger charge is 2.60. The first-order valence-corrected chi connectivity index (χ1v) is 14.4. The van der Waals surface area contributed by atoms with Crippen LogP contribution in [0.2, 0.25) is 0 Å². The maximum Gasteiger partial charge on any atom is 0.524 e. The van der Waals surface area contributed by atoms with Crippen molar-refractivity contribution in [3.8, 4) is 0 Å². The Morgan fingerprint density at radius 1 is 0.952 bits per heavy atom. The number of rotatable bonds is 11. The Hall–Kier alpha value is -3.60. The van der Waals surface area contributed by atoms with Crippen LogP contribution in [0, 0.1) is 11.8 Å². The summed E-state index contributed by atoms with van der Waals surface area (Å²) in [6.07, 6.45) is -0.717. The van der Waals surface area contributed by atoms with Gasteiger partial charge in [0.15, 0.2) is 0 Å². The maximum atomic E-state index is 14.5. The molecule has 228 valence electrons. The molecule has 0 aliphatic carbocycles. The predicted molar refractivity (Wildman–Crippen MR) is 156 cm³/mol. The van der Waals surface area contributed by atoms with Gasteiger partial charge >= 0.3 is 18.0 Å². The number of nitrogens with one attached hydrogen (secondary N) is 2. The summed E-state index contributed by atoms with van der Waals surface area (Å²) in [5.41, 5.74) is 3.17. The number of hydrogen-bond acceptors (Lipinski definition) is 8. The van der Waals surface area contributed by atoms with Crippen molar-refractivity contribution in [1.29, 1.82) is 0 Å². The molecule has 1 saturated heterocycles. The third kappa shape index (κ3) is 9.20. The molecule has 2 N–H and O–H groups in total. The SMILES string of the molecule is CC(C)C[C@H](CC(=O)NOCc1ccccc1)C(=O)[N@@+]1(C(=O)OC(C)(C)C)CCNCC1C(=O)OCc1ccccc1. The molecule has 2 aromatic rings. The van der Waals surface area contributed by atoms with Gasteiger partial charge in [0.25, 0.3) is 0 Å².